The topological polar surface area (TPSA) is 58.1 Å². The summed E-state index contributed by atoms with van der Waals surface area (Å²) in [6.45, 7) is 10.3. The molecular weight excluding hydrogens is 491 g/mol. The second-order valence-corrected chi connectivity index (χ2v) is 8.10. The lowest BCUT2D eigenvalue weighted by Crippen LogP contribution is -2.40. The van der Waals surface area contributed by atoms with Crippen molar-refractivity contribution >= 4 is 29.9 Å². The molecule has 2 fully saturated rings. The number of halogens is 1. The summed E-state index contributed by atoms with van der Waals surface area (Å²) in [4.78, 5) is 7.35. The smallest absolute Gasteiger partial charge is 0.191 e. The van der Waals surface area contributed by atoms with E-state index in [0.717, 1.165) is 55.5 Å². The van der Waals surface area contributed by atoms with Crippen molar-refractivity contribution < 1.29 is 9.47 Å². The fourth-order valence-electron chi connectivity index (χ4n) is 4.27. The molecule has 30 heavy (non-hydrogen) atoms. The molecule has 1 aliphatic carbocycles. The number of rotatable bonds is 9. The molecule has 1 aromatic carbocycles. The van der Waals surface area contributed by atoms with E-state index in [1.165, 1.54) is 32.4 Å². The van der Waals surface area contributed by atoms with Gasteiger partial charge in [-0.3, -0.25) is 0 Å². The van der Waals surface area contributed by atoms with Gasteiger partial charge in [0.05, 0.1) is 19.8 Å². The lowest BCUT2D eigenvalue weighted by atomic mass is 10.1. The standard InChI is InChI=1S/C23H38N4O2.HI/c1-4-24-23(25-15-18-13-14-27(5-2)17-18)26-16-19-9-8-12-21(28-3)22(19)29-20-10-6-7-11-20;/h8-9,12,18,20H,4-7,10-11,13-17H2,1-3H3,(H2,24,25,26);1H. The maximum absolute atomic E-state index is 6.35. The number of hydrogen-bond donors (Lipinski definition) is 2. The zero-order chi connectivity index (χ0) is 20.5. The van der Waals surface area contributed by atoms with E-state index in [9.17, 15) is 0 Å². The van der Waals surface area contributed by atoms with Gasteiger partial charge in [-0.2, -0.15) is 0 Å². The van der Waals surface area contributed by atoms with Gasteiger partial charge in [-0.15, -0.1) is 24.0 Å². The molecule has 0 aromatic heterocycles. The first-order valence-electron chi connectivity index (χ1n) is 11.3. The van der Waals surface area contributed by atoms with Gasteiger partial charge in [0.2, 0.25) is 0 Å². The summed E-state index contributed by atoms with van der Waals surface area (Å²) >= 11 is 0. The van der Waals surface area contributed by atoms with Crippen molar-refractivity contribution in [3.8, 4) is 11.5 Å². The normalized spacial score (nSPS) is 20.1. The number of benzene rings is 1. The van der Waals surface area contributed by atoms with Crippen LogP contribution in [0.4, 0.5) is 0 Å². The molecule has 1 heterocycles. The summed E-state index contributed by atoms with van der Waals surface area (Å²) < 4.78 is 11.9. The average molecular weight is 530 g/mol. The predicted octanol–water partition coefficient (Wildman–Crippen LogP) is 4.03. The molecule has 7 heteroatoms. The molecule has 1 aromatic rings. The van der Waals surface area contributed by atoms with Gasteiger partial charge in [-0.1, -0.05) is 19.1 Å². The lowest BCUT2D eigenvalue weighted by molar-refractivity contribution is 0.198. The molecule has 1 unspecified atom stereocenters. The maximum Gasteiger partial charge on any atom is 0.191 e. The number of methoxy groups -OCH3 is 1. The first-order valence-corrected chi connectivity index (χ1v) is 11.3. The fourth-order valence-corrected chi connectivity index (χ4v) is 4.27. The van der Waals surface area contributed by atoms with Gasteiger partial charge in [0.15, 0.2) is 17.5 Å². The van der Waals surface area contributed by atoms with Crippen LogP contribution in [0.15, 0.2) is 23.2 Å². The first kappa shape index (κ1) is 25.0. The van der Waals surface area contributed by atoms with E-state index in [1.54, 1.807) is 7.11 Å². The number of aliphatic imine (C=N–C) groups is 1. The number of guanidine groups is 1. The summed E-state index contributed by atoms with van der Waals surface area (Å²) in [5.74, 6) is 3.22. The van der Waals surface area contributed by atoms with Gasteiger partial charge in [-0.05, 0) is 64.1 Å². The quantitative estimate of drug-likeness (QED) is 0.287. The van der Waals surface area contributed by atoms with Crippen LogP contribution < -0.4 is 20.1 Å². The minimum absolute atomic E-state index is 0. The van der Waals surface area contributed by atoms with E-state index < -0.39 is 0 Å². The lowest BCUT2D eigenvalue weighted by Gasteiger charge is -2.19. The van der Waals surface area contributed by atoms with Gasteiger partial charge in [-0.25, -0.2) is 4.99 Å². The van der Waals surface area contributed by atoms with E-state index in [4.69, 9.17) is 14.5 Å². The second-order valence-electron chi connectivity index (χ2n) is 8.10. The number of nitrogens with one attached hydrogen (secondary N) is 2. The third-order valence-corrected chi connectivity index (χ3v) is 5.99. The molecule has 2 N–H and O–H groups in total. The Bertz CT molecular complexity index is 665. The molecule has 1 aliphatic heterocycles. The van der Waals surface area contributed by atoms with E-state index >= 15 is 0 Å². The van der Waals surface area contributed by atoms with Gasteiger partial charge < -0.3 is 25.0 Å². The van der Waals surface area contributed by atoms with Crippen molar-refractivity contribution in [1.82, 2.24) is 15.5 Å². The largest absolute Gasteiger partial charge is 0.493 e. The predicted molar refractivity (Wildman–Crippen MR) is 134 cm³/mol. The van der Waals surface area contributed by atoms with Crippen molar-refractivity contribution in [2.24, 2.45) is 10.9 Å². The van der Waals surface area contributed by atoms with Crippen LogP contribution in [0.25, 0.3) is 0 Å². The van der Waals surface area contributed by atoms with Crippen LogP contribution >= 0.6 is 24.0 Å². The molecule has 170 valence electrons. The highest BCUT2D eigenvalue weighted by molar-refractivity contribution is 14.0. The molecule has 1 saturated carbocycles. The highest BCUT2D eigenvalue weighted by Gasteiger charge is 2.22. The van der Waals surface area contributed by atoms with Crippen LogP contribution in [0.2, 0.25) is 0 Å². The zero-order valence-corrected chi connectivity index (χ0v) is 21.1. The molecule has 0 radical (unpaired) electrons. The highest BCUT2D eigenvalue weighted by Crippen LogP contribution is 2.35. The Labute approximate surface area is 199 Å². The van der Waals surface area contributed by atoms with Gasteiger partial charge >= 0.3 is 0 Å². The van der Waals surface area contributed by atoms with Gasteiger partial charge in [0.25, 0.3) is 0 Å². The summed E-state index contributed by atoms with van der Waals surface area (Å²) in [5.41, 5.74) is 1.08. The summed E-state index contributed by atoms with van der Waals surface area (Å²) in [5, 5.41) is 6.92. The van der Waals surface area contributed by atoms with Crippen LogP contribution in [0.3, 0.4) is 0 Å². The number of ether oxygens (including phenoxy) is 2. The van der Waals surface area contributed by atoms with E-state index in [-0.39, 0.29) is 24.0 Å². The molecule has 2 aliphatic rings. The Hall–Kier alpha value is -1.22. The minimum atomic E-state index is 0. The van der Waals surface area contributed by atoms with Crippen LogP contribution in [0.5, 0.6) is 11.5 Å². The number of para-hydroxylation sites is 1. The van der Waals surface area contributed by atoms with Crippen LogP contribution in [0.1, 0.15) is 51.5 Å². The zero-order valence-electron chi connectivity index (χ0n) is 18.8. The molecule has 0 amide bonds. The van der Waals surface area contributed by atoms with Gasteiger partial charge in [0.1, 0.15) is 0 Å². The van der Waals surface area contributed by atoms with Crippen LogP contribution in [-0.4, -0.2) is 56.8 Å². The first-order chi connectivity index (χ1) is 14.2. The fraction of sp³-hybridized carbons (Fsp3) is 0.696. The van der Waals surface area contributed by atoms with Crippen molar-refractivity contribution in [3.05, 3.63) is 23.8 Å². The van der Waals surface area contributed by atoms with Crippen LogP contribution in [0, 0.1) is 5.92 Å². The highest BCUT2D eigenvalue weighted by atomic mass is 127. The number of hydrogen-bond acceptors (Lipinski definition) is 4. The van der Waals surface area contributed by atoms with Crippen molar-refractivity contribution in [2.75, 3.05) is 39.8 Å². The molecular formula is C23H39IN4O2. The molecule has 6 nitrogen and oxygen atoms in total. The Morgan fingerprint density at radius 1 is 1.17 bits per heavy atom. The Balaban J connectivity index is 0.00000320. The van der Waals surface area contributed by atoms with Crippen LogP contribution in [-0.2, 0) is 6.54 Å². The van der Waals surface area contributed by atoms with Crippen molar-refractivity contribution in [2.45, 2.75) is 58.6 Å². The summed E-state index contributed by atoms with van der Waals surface area (Å²) in [6, 6.07) is 6.08. The van der Waals surface area contributed by atoms with Gasteiger partial charge in [0, 0.05) is 25.2 Å². The van der Waals surface area contributed by atoms with Crippen molar-refractivity contribution in [1.29, 1.82) is 0 Å². The maximum atomic E-state index is 6.35. The monoisotopic (exact) mass is 530 g/mol. The summed E-state index contributed by atoms with van der Waals surface area (Å²) in [7, 11) is 1.71. The molecule has 0 spiro atoms. The van der Waals surface area contributed by atoms with E-state index in [0.29, 0.717) is 18.6 Å². The third-order valence-electron chi connectivity index (χ3n) is 5.99. The third kappa shape index (κ3) is 7.18. The van der Waals surface area contributed by atoms with E-state index in [1.807, 2.05) is 12.1 Å². The molecule has 0 bridgehead atoms. The minimum Gasteiger partial charge on any atom is -0.493 e. The SMILES string of the molecule is CCNC(=NCc1cccc(OC)c1OC1CCCC1)NCC1CCN(CC)C1.I. The number of likely N-dealkylation sites (tertiary alicyclic amines) is 1. The summed E-state index contributed by atoms with van der Waals surface area (Å²) in [6.07, 6.45) is 6.30. The average Bonchev–Trinajstić information content (AvgIpc) is 3.42. The Morgan fingerprint density at radius 2 is 1.97 bits per heavy atom. The molecule has 3 rings (SSSR count). The van der Waals surface area contributed by atoms with E-state index in [2.05, 4.69) is 35.4 Å². The Kier molecular flexibility index (Phi) is 11.1. The van der Waals surface area contributed by atoms with Crippen molar-refractivity contribution in [3.63, 3.8) is 0 Å². The molecule has 1 atom stereocenters. The molecule has 1 saturated heterocycles. The number of nitrogens with zero attached hydrogens (tertiary/aromatic N) is 2. The Morgan fingerprint density at radius 3 is 2.63 bits per heavy atom. The second kappa shape index (κ2) is 13.2.